The molecule has 1 aromatic carbocycles. The molecule has 0 saturated carbocycles. The van der Waals surface area contributed by atoms with Crippen molar-refractivity contribution in [3.8, 4) is 0 Å². The van der Waals surface area contributed by atoms with Crippen LogP contribution in [0.1, 0.15) is 40.6 Å². The van der Waals surface area contributed by atoms with Crippen molar-refractivity contribution in [1.29, 1.82) is 0 Å². The average molecular weight is 448 g/mol. The number of carbonyl (C=O) groups is 1. The standard InChI is InChI=1S/C22H29N3O5S/c1-17-6-7-18(31(27,28)25-10-13-29-14-11-25)15-19(17)22(26)23-16-20(21-5-4-12-30-21)24-8-2-3-9-24/h4-7,12,15,20H,2-3,8-11,13-14,16H2,1H3,(H,23,26). The third-order valence-electron chi connectivity index (χ3n) is 5.97. The van der Waals surface area contributed by atoms with Crippen molar-refractivity contribution in [1.82, 2.24) is 14.5 Å². The molecule has 1 atom stereocenters. The van der Waals surface area contributed by atoms with Crippen LogP contribution in [0.3, 0.4) is 0 Å². The predicted molar refractivity (Wildman–Crippen MR) is 115 cm³/mol. The summed E-state index contributed by atoms with van der Waals surface area (Å²) in [4.78, 5) is 15.5. The van der Waals surface area contributed by atoms with Crippen LogP contribution in [0.15, 0.2) is 45.9 Å². The van der Waals surface area contributed by atoms with Gasteiger partial charge in [-0.25, -0.2) is 8.42 Å². The normalized spacial score (nSPS) is 19.4. The van der Waals surface area contributed by atoms with Crippen LogP contribution in [0.25, 0.3) is 0 Å². The molecule has 0 bridgehead atoms. The zero-order valence-electron chi connectivity index (χ0n) is 17.7. The van der Waals surface area contributed by atoms with E-state index in [1.54, 1.807) is 18.4 Å². The number of amides is 1. The van der Waals surface area contributed by atoms with Crippen LogP contribution < -0.4 is 5.32 Å². The fourth-order valence-corrected chi connectivity index (χ4v) is 5.61. The van der Waals surface area contributed by atoms with Gasteiger partial charge in [0.1, 0.15) is 5.76 Å². The largest absolute Gasteiger partial charge is 0.468 e. The minimum absolute atomic E-state index is 0.0398. The lowest BCUT2D eigenvalue weighted by atomic mass is 10.1. The van der Waals surface area contributed by atoms with E-state index in [0.717, 1.165) is 37.3 Å². The van der Waals surface area contributed by atoms with Crippen LogP contribution in [-0.4, -0.2) is 69.5 Å². The summed E-state index contributed by atoms with van der Waals surface area (Å²) < 4.78 is 38.3. The third kappa shape index (κ3) is 4.85. The van der Waals surface area contributed by atoms with Crippen LogP contribution in [0, 0.1) is 6.92 Å². The lowest BCUT2D eigenvalue weighted by Crippen LogP contribution is -2.40. The zero-order chi connectivity index (χ0) is 21.8. The Morgan fingerprint density at radius 2 is 1.87 bits per heavy atom. The lowest BCUT2D eigenvalue weighted by molar-refractivity contribution is 0.0730. The highest BCUT2D eigenvalue weighted by atomic mass is 32.2. The van der Waals surface area contributed by atoms with Crippen molar-refractivity contribution in [3.63, 3.8) is 0 Å². The highest BCUT2D eigenvalue weighted by Gasteiger charge is 2.29. The second-order valence-electron chi connectivity index (χ2n) is 7.98. The number of ether oxygens (including phenoxy) is 1. The first kappa shape index (κ1) is 22.0. The lowest BCUT2D eigenvalue weighted by Gasteiger charge is -2.27. The van der Waals surface area contributed by atoms with Gasteiger partial charge in [0.25, 0.3) is 5.91 Å². The first-order valence-corrected chi connectivity index (χ1v) is 12.1. The molecule has 0 aliphatic carbocycles. The molecule has 1 unspecified atom stereocenters. The Hall–Kier alpha value is -2.20. The van der Waals surface area contributed by atoms with Crippen molar-refractivity contribution >= 4 is 15.9 Å². The van der Waals surface area contributed by atoms with Crippen molar-refractivity contribution in [2.45, 2.75) is 30.7 Å². The van der Waals surface area contributed by atoms with E-state index in [4.69, 9.17) is 9.15 Å². The van der Waals surface area contributed by atoms with E-state index in [-0.39, 0.29) is 16.8 Å². The van der Waals surface area contributed by atoms with Gasteiger partial charge in [0.05, 0.1) is 30.4 Å². The number of nitrogens with zero attached hydrogens (tertiary/aromatic N) is 2. The molecule has 0 spiro atoms. The zero-order valence-corrected chi connectivity index (χ0v) is 18.6. The van der Waals surface area contributed by atoms with E-state index in [9.17, 15) is 13.2 Å². The van der Waals surface area contributed by atoms with Gasteiger partial charge in [-0.15, -0.1) is 0 Å². The van der Waals surface area contributed by atoms with Gasteiger partial charge in [-0.1, -0.05) is 6.07 Å². The maximum absolute atomic E-state index is 13.0. The summed E-state index contributed by atoms with van der Waals surface area (Å²) in [6, 6.07) is 8.47. The number of nitrogens with one attached hydrogen (secondary N) is 1. The van der Waals surface area contributed by atoms with Gasteiger partial charge in [-0.3, -0.25) is 9.69 Å². The summed E-state index contributed by atoms with van der Waals surface area (Å²) in [7, 11) is -3.66. The summed E-state index contributed by atoms with van der Waals surface area (Å²) in [5.41, 5.74) is 1.10. The van der Waals surface area contributed by atoms with E-state index in [2.05, 4.69) is 10.2 Å². The molecule has 2 fully saturated rings. The summed E-state index contributed by atoms with van der Waals surface area (Å²) in [6.45, 7) is 5.53. The molecule has 4 rings (SSSR count). The second-order valence-corrected chi connectivity index (χ2v) is 9.92. The summed E-state index contributed by atoms with van der Waals surface area (Å²) in [5.74, 6) is 0.537. The number of hydrogen-bond donors (Lipinski definition) is 1. The third-order valence-corrected chi connectivity index (χ3v) is 7.87. The van der Waals surface area contributed by atoms with Crippen molar-refractivity contribution < 1.29 is 22.4 Å². The quantitative estimate of drug-likeness (QED) is 0.700. The minimum Gasteiger partial charge on any atom is -0.468 e. The van der Waals surface area contributed by atoms with Gasteiger partial charge in [0.2, 0.25) is 10.0 Å². The number of sulfonamides is 1. The molecule has 1 N–H and O–H groups in total. The maximum atomic E-state index is 13.0. The van der Waals surface area contributed by atoms with E-state index in [0.29, 0.717) is 38.4 Å². The molecule has 2 aliphatic rings. The van der Waals surface area contributed by atoms with Crippen LogP contribution in [-0.2, 0) is 14.8 Å². The SMILES string of the molecule is Cc1ccc(S(=O)(=O)N2CCOCC2)cc1C(=O)NCC(c1ccco1)N1CCCC1. The number of likely N-dealkylation sites (tertiary alicyclic amines) is 1. The second kappa shape index (κ2) is 9.52. The van der Waals surface area contributed by atoms with Gasteiger partial charge in [0.15, 0.2) is 0 Å². The molecule has 9 heteroatoms. The van der Waals surface area contributed by atoms with Crippen molar-refractivity contribution in [2.75, 3.05) is 45.9 Å². The van der Waals surface area contributed by atoms with Crippen LogP contribution in [0.5, 0.6) is 0 Å². The molecule has 1 amide bonds. The average Bonchev–Trinajstić information content (AvgIpc) is 3.50. The topological polar surface area (TPSA) is 92.1 Å². The van der Waals surface area contributed by atoms with Crippen molar-refractivity contribution in [2.24, 2.45) is 0 Å². The van der Waals surface area contributed by atoms with Crippen LogP contribution >= 0.6 is 0 Å². The van der Waals surface area contributed by atoms with E-state index in [1.807, 2.05) is 19.1 Å². The molecule has 0 radical (unpaired) electrons. The number of aryl methyl sites for hydroxylation is 1. The van der Waals surface area contributed by atoms with Gasteiger partial charge in [-0.05, 0) is 62.7 Å². The Bertz CT molecular complexity index is 994. The highest BCUT2D eigenvalue weighted by molar-refractivity contribution is 7.89. The number of morpholine rings is 1. The molecule has 168 valence electrons. The molecule has 31 heavy (non-hydrogen) atoms. The smallest absolute Gasteiger partial charge is 0.251 e. The van der Waals surface area contributed by atoms with Gasteiger partial charge < -0.3 is 14.5 Å². The Labute approximate surface area is 183 Å². The molecule has 2 aliphatic heterocycles. The Morgan fingerprint density at radius 3 is 2.55 bits per heavy atom. The first-order valence-electron chi connectivity index (χ1n) is 10.7. The fourth-order valence-electron chi connectivity index (χ4n) is 4.17. The highest BCUT2D eigenvalue weighted by Crippen LogP contribution is 2.25. The maximum Gasteiger partial charge on any atom is 0.251 e. The van der Waals surface area contributed by atoms with Gasteiger partial charge >= 0.3 is 0 Å². The predicted octanol–water partition coefficient (Wildman–Crippen LogP) is 2.18. The van der Waals surface area contributed by atoms with Crippen LogP contribution in [0.2, 0.25) is 0 Å². The van der Waals surface area contributed by atoms with E-state index < -0.39 is 10.0 Å². The number of benzene rings is 1. The number of rotatable bonds is 7. The molecular weight excluding hydrogens is 418 g/mol. The molecule has 1 aromatic heterocycles. The van der Waals surface area contributed by atoms with E-state index in [1.165, 1.54) is 10.4 Å². The molecule has 2 aromatic rings. The van der Waals surface area contributed by atoms with Gasteiger partial charge in [-0.2, -0.15) is 4.31 Å². The summed E-state index contributed by atoms with van der Waals surface area (Å²) >= 11 is 0. The number of furan rings is 1. The monoisotopic (exact) mass is 447 g/mol. The molecular formula is C22H29N3O5S. The number of carbonyl (C=O) groups excluding carboxylic acids is 1. The first-order chi connectivity index (χ1) is 15.0. The van der Waals surface area contributed by atoms with Gasteiger partial charge in [0, 0.05) is 25.2 Å². The number of hydrogen-bond acceptors (Lipinski definition) is 6. The summed E-state index contributed by atoms with van der Waals surface area (Å²) in [5, 5.41) is 2.99. The fraction of sp³-hybridized carbons (Fsp3) is 0.500. The minimum atomic E-state index is -3.66. The molecule has 2 saturated heterocycles. The Balaban J connectivity index is 1.51. The Morgan fingerprint density at radius 1 is 1.13 bits per heavy atom. The molecule has 8 nitrogen and oxygen atoms in total. The molecule has 3 heterocycles. The Kier molecular flexibility index (Phi) is 6.76. The summed E-state index contributed by atoms with van der Waals surface area (Å²) in [6.07, 6.45) is 3.90. The van der Waals surface area contributed by atoms with E-state index >= 15 is 0 Å². The van der Waals surface area contributed by atoms with Crippen LogP contribution in [0.4, 0.5) is 0 Å². The van der Waals surface area contributed by atoms with Crippen molar-refractivity contribution in [3.05, 3.63) is 53.5 Å².